The van der Waals surface area contributed by atoms with Gasteiger partial charge < -0.3 is 11.5 Å². The Balaban J connectivity index is 1.77. The van der Waals surface area contributed by atoms with Gasteiger partial charge in [0.05, 0.1) is 16.8 Å². The van der Waals surface area contributed by atoms with Crippen molar-refractivity contribution in [1.82, 2.24) is 19.9 Å². The SMILES string of the molecule is CC(F)(F)S(=O)(=O)c1ccc(CCc2cnc3nc(N)nc(N)c3n2)cc1. The summed E-state index contributed by atoms with van der Waals surface area (Å²) >= 11 is 0. The highest BCUT2D eigenvalue weighted by Crippen LogP contribution is 2.28. The fourth-order valence-corrected chi connectivity index (χ4v) is 3.33. The van der Waals surface area contributed by atoms with E-state index in [1.807, 2.05) is 0 Å². The Bertz CT molecular complexity index is 1100. The smallest absolute Gasteiger partial charge is 0.347 e. The maximum Gasteiger partial charge on any atom is 0.347 e. The van der Waals surface area contributed by atoms with Crippen LogP contribution in [0.15, 0.2) is 35.4 Å². The Labute approximate surface area is 153 Å². The number of aryl methyl sites for hydroxylation is 2. The quantitative estimate of drug-likeness (QED) is 0.667. The number of halogens is 2. The standard InChI is InChI=1S/C16H16F2N6O2S/c1-16(17,18)27(25,26)11-6-3-9(4-7-11)2-5-10-8-21-14-12(22-10)13(19)23-15(20)24-14/h3-4,6-8H,2,5H2,1H3,(H4,19,20,21,23,24). The van der Waals surface area contributed by atoms with Crippen LogP contribution < -0.4 is 11.5 Å². The number of benzene rings is 1. The molecule has 0 aliphatic heterocycles. The Kier molecular flexibility index (Phi) is 4.64. The van der Waals surface area contributed by atoms with E-state index >= 15 is 0 Å². The molecule has 0 spiro atoms. The topological polar surface area (TPSA) is 138 Å². The summed E-state index contributed by atoms with van der Waals surface area (Å²) in [6.07, 6.45) is 2.51. The van der Waals surface area contributed by atoms with Crippen LogP contribution in [0.3, 0.4) is 0 Å². The number of nitrogen functional groups attached to an aromatic ring is 2. The lowest BCUT2D eigenvalue weighted by atomic mass is 10.1. The molecule has 0 saturated heterocycles. The molecule has 4 N–H and O–H groups in total. The Hall–Kier alpha value is -2.95. The number of fused-ring (bicyclic) bond motifs is 1. The summed E-state index contributed by atoms with van der Waals surface area (Å²) in [5.74, 6) is 0.136. The largest absolute Gasteiger partial charge is 0.382 e. The van der Waals surface area contributed by atoms with Crippen molar-refractivity contribution < 1.29 is 17.2 Å². The van der Waals surface area contributed by atoms with E-state index in [0.717, 1.165) is 5.56 Å². The van der Waals surface area contributed by atoms with Gasteiger partial charge in [-0.1, -0.05) is 12.1 Å². The van der Waals surface area contributed by atoms with E-state index in [1.54, 1.807) is 0 Å². The molecule has 0 bridgehead atoms. The molecule has 0 saturated carbocycles. The van der Waals surface area contributed by atoms with Crippen LogP contribution in [0.25, 0.3) is 11.2 Å². The molecule has 0 fully saturated rings. The summed E-state index contributed by atoms with van der Waals surface area (Å²) in [6.45, 7) is 0.359. The summed E-state index contributed by atoms with van der Waals surface area (Å²) in [4.78, 5) is 15.9. The molecule has 0 aliphatic carbocycles. The van der Waals surface area contributed by atoms with Crippen LogP contribution in [-0.4, -0.2) is 33.6 Å². The first-order valence-electron chi connectivity index (χ1n) is 7.84. The molecule has 2 aromatic heterocycles. The van der Waals surface area contributed by atoms with Crippen molar-refractivity contribution in [2.45, 2.75) is 29.9 Å². The monoisotopic (exact) mass is 394 g/mol. The second kappa shape index (κ2) is 6.65. The summed E-state index contributed by atoms with van der Waals surface area (Å²) in [6, 6.07) is 5.32. The zero-order valence-corrected chi connectivity index (χ0v) is 15.0. The van der Waals surface area contributed by atoms with Crippen molar-refractivity contribution in [1.29, 1.82) is 0 Å². The number of nitrogens with zero attached hydrogens (tertiary/aromatic N) is 4. The predicted octanol–water partition coefficient (Wildman–Crippen LogP) is 1.76. The third-order valence-electron chi connectivity index (χ3n) is 3.88. The minimum atomic E-state index is -4.69. The van der Waals surface area contributed by atoms with Crippen molar-refractivity contribution in [3.05, 3.63) is 41.7 Å². The van der Waals surface area contributed by atoms with Gasteiger partial charge in [-0.05, 0) is 30.5 Å². The Morgan fingerprint density at radius 1 is 1.04 bits per heavy atom. The highest BCUT2D eigenvalue weighted by molar-refractivity contribution is 7.92. The van der Waals surface area contributed by atoms with Gasteiger partial charge >= 0.3 is 5.25 Å². The first kappa shape index (κ1) is 18.8. The molecule has 27 heavy (non-hydrogen) atoms. The molecule has 0 atom stereocenters. The van der Waals surface area contributed by atoms with Crippen LogP contribution in [0.2, 0.25) is 0 Å². The molecular formula is C16H16F2N6O2S. The van der Waals surface area contributed by atoms with Crippen molar-refractivity contribution in [2.24, 2.45) is 0 Å². The van der Waals surface area contributed by atoms with Gasteiger partial charge in [-0.15, -0.1) is 0 Å². The highest BCUT2D eigenvalue weighted by Gasteiger charge is 2.40. The van der Waals surface area contributed by atoms with E-state index in [9.17, 15) is 17.2 Å². The van der Waals surface area contributed by atoms with Crippen LogP contribution >= 0.6 is 0 Å². The van der Waals surface area contributed by atoms with E-state index in [0.29, 0.717) is 36.6 Å². The van der Waals surface area contributed by atoms with Gasteiger partial charge in [0.1, 0.15) is 0 Å². The lowest BCUT2D eigenvalue weighted by molar-refractivity contribution is 0.114. The van der Waals surface area contributed by atoms with Gasteiger partial charge in [-0.25, -0.2) is 18.4 Å². The van der Waals surface area contributed by atoms with Gasteiger partial charge in [0, 0.05) is 6.92 Å². The molecule has 0 amide bonds. The third kappa shape index (κ3) is 3.77. The van der Waals surface area contributed by atoms with Gasteiger partial charge in [0.15, 0.2) is 17.0 Å². The van der Waals surface area contributed by atoms with Crippen molar-refractivity contribution in [3.8, 4) is 0 Å². The minimum absolute atomic E-state index is 0.00903. The molecule has 3 aromatic rings. The number of hydrogen-bond donors (Lipinski definition) is 2. The summed E-state index contributed by atoms with van der Waals surface area (Å²) < 4.78 is 49.9. The van der Waals surface area contributed by atoms with Crippen LogP contribution in [0.1, 0.15) is 18.2 Å². The number of anilines is 2. The number of aromatic nitrogens is 4. The van der Waals surface area contributed by atoms with Gasteiger partial charge in [0.25, 0.3) is 0 Å². The van der Waals surface area contributed by atoms with Crippen molar-refractivity contribution in [3.63, 3.8) is 0 Å². The van der Waals surface area contributed by atoms with E-state index in [1.165, 1.54) is 30.5 Å². The number of hydrogen-bond acceptors (Lipinski definition) is 8. The number of rotatable bonds is 5. The molecule has 0 radical (unpaired) electrons. The predicted molar refractivity (Wildman–Crippen MR) is 95.6 cm³/mol. The molecule has 142 valence electrons. The van der Waals surface area contributed by atoms with Crippen LogP contribution in [-0.2, 0) is 22.7 Å². The number of nitrogens with two attached hydrogens (primary N) is 2. The lowest BCUT2D eigenvalue weighted by Gasteiger charge is -2.12. The molecule has 0 unspecified atom stereocenters. The van der Waals surface area contributed by atoms with E-state index in [-0.39, 0.29) is 11.8 Å². The van der Waals surface area contributed by atoms with Crippen LogP contribution in [0, 0.1) is 0 Å². The Morgan fingerprint density at radius 2 is 1.70 bits per heavy atom. The van der Waals surface area contributed by atoms with Crippen molar-refractivity contribution >= 4 is 32.8 Å². The maximum atomic E-state index is 13.2. The normalized spacial score (nSPS) is 12.4. The summed E-state index contributed by atoms with van der Waals surface area (Å²) in [5.41, 5.74) is 13.3. The second-order valence-electron chi connectivity index (χ2n) is 5.96. The van der Waals surface area contributed by atoms with E-state index in [4.69, 9.17) is 11.5 Å². The molecular weight excluding hydrogens is 378 g/mol. The molecule has 3 rings (SSSR count). The first-order chi connectivity index (χ1) is 12.6. The molecule has 1 aromatic carbocycles. The highest BCUT2D eigenvalue weighted by atomic mass is 32.2. The fraction of sp³-hybridized carbons (Fsp3) is 0.250. The average molecular weight is 394 g/mol. The molecule has 0 aliphatic rings. The third-order valence-corrected chi connectivity index (χ3v) is 5.71. The minimum Gasteiger partial charge on any atom is -0.382 e. The van der Waals surface area contributed by atoms with Gasteiger partial charge in [-0.2, -0.15) is 18.7 Å². The zero-order chi connectivity index (χ0) is 19.8. The summed E-state index contributed by atoms with van der Waals surface area (Å²) in [7, 11) is -4.69. The zero-order valence-electron chi connectivity index (χ0n) is 14.2. The first-order valence-corrected chi connectivity index (χ1v) is 9.32. The van der Waals surface area contributed by atoms with E-state index < -0.39 is 20.0 Å². The van der Waals surface area contributed by atoms with Crippen molar-refractivity contribution in [2.75, 3.05) is 11.5 Å². The lowest BCUT2D eigenvalue weighted by Crippen LogP contribution is -2.24. The molecule has 8 nitrogen and oxygen atoms in total. The van der Waals surface area contributed by atoms with Gasteiger partial charge in [0.2, 0.25) is 15.8 Å². The maximum absolute atomic E-state index is 13.2. The number of sulfone groups is 1. The molecule has 11 heteroatoms. The number of alkyl halides is 2. The van der Waals surface area contributed by atoms with E-state index in [2.05, 4.69) is 19.9 Å². The summed E-state index contributed by atoms with van der Waals surface area (Å²) in [5, 5.41) is -3.83. The molecule has 2 heterocycles. The average Bonchev–Trinajstić information content (AvgIpc) is 2.59. The van der Waals surface area contributed by atoms with Crippen LogP contribution in [0.4, 0.5) is 20.5 Å². The van der Waals surface area contributed by atoms with Gasteiger partial charge in [-0.3, -0.25) is 0 Å². The van der Waals surface area contributed by atoms with Crippen LogP contribution in [0.5, 0.6) is 0 Å². The Morgan fingerprint density at radius 3 is 2.33 bits per heavy atom. The second-order valence-corrected chi connectivity index (χ2v) is 8.15. The fourth-order valence-electron chi connectivity index (χ4n) is 2.42.